The van der Waals surface area contributed by atoms with Crippen molar-refractivity contribution in [2.24, 2.45) is 46.1 Å². The van der Waals surface area contributed by atoms with Crippen LogP contribution in [0.25, 0.3) is 167 Å². The maximum absolute atomic E-state index is 8.90. The fourth-order valence-electron chi connectivity index (χ4n) is 19.9. The molecular weight excluding hydrogens is 1770 g/mol. The summed E-state index contributed by atoms with van der Waals surface area (Å²) in [5, 5.41) is 9.81. The highest BCUT2D eigenvalue weighted by Gasteiger charge is 2.33. The first-order valence-electron chi connectivity index (χ1n) is 62.4. The molecule has 0 amide bonds. The van der Waals surface area contributed by atoms with Crippen LogP contribution in [0.2, 0.25) is 0 Å². The van der Waals surface area contributed by atoms with Gasteiger partial charge in [0.2, 0.25) is 57.0 Å². The minimum absolute atomic E-state index is 0.193. The molecule has 15 heterocycles. The molecule has 15 nitrogen and oxygen atoms in total. The van der Waals surface area contributed by atoms with E-state index in [0.717, 1.165) is 182 Å². The predicted molar refractivity (Wildman–Crippen MR) is 597 cm³/mol. The zero-order valence-corrected chi connectivity index (χ0v) is 88.8. The van der Waals surface area contributed by atoms with Crippen LogP contribution in [0.15, 0.2) is 205 Å². The van der Waals surface area contributed by atoms with E-state index in [4.69, 9.17) is 65.0 Å². The Bertz CT molecular complexity index is 9340. The van der Waals surface area contributed by atoms with Crippen molar-refractivity contribution in [3.8, 4) is 56.3 Å². The van der Waals surface area contributed by atoms with Crippen LogP contribution < -0.4 is 22.8 Å². The van der Waals surface area contributed by atoms with Crippen molar-refractivity contribution in [2.45, 2.75) is 281 Å². The molecule has 0 aliphatic rings. The van der Waals surface area contributed by atoms with Gasteiger partial charge in [-0.1, -0.05) is 213 Å². The van der Waals surface area contributed by atoms with Crippen LogP contribution in [0, 0.1) is 59.3 Å². The smallest absolute Gasteiger partial charge is 0.227 e. The Morgan fingerprint density at radius 3 is 0.743 bits per heavy atom. The van der Waals surface area contributed by atoms with Gasteiger partial charge in [-0.05, 0) is 256 Å². The highest BCUT2D eigenvalue weighted by Crippen LogP contribution is 2.45. The van der Waals surface area contributed by atoms with Gasteiger partial charge in [0.15, 0.2) is 58.9 Å². The summed E-state index contributed by atoms with van der Waals surface area (Å²) in [6.45, 7) is 24.9. The zero-order chi connectivity index (χ0) is 124. The molecule has 20 rings (SSSR count). The van der Waals surface area contributed by atoms with Crippen molar-refractivity contribution in [3.63, 3.8) is 0 Å². The van der Waals surface area contributed by atoms with E-state index in [1.807, 2.05) is 96.3 Å². The molecule has 0 N–H and O–H groups in total. The van der Waals surface area contributed by atoms with Gasteiger partial charge in [-0.25, -0.2) is 47.8 Å². The summed E-state index contributed by atoms with van der Waals surface area (Å²) in [5.41, 5.74) is 25.9. The maximum Gasteiger partial charge on any atom is 0.227 e. The number of hydrogen-bond acceptors (Lipinski definition) is 10. The van der Waals surface area contributed by atoms with Gasteiger partial charge in [-0.3, -0.25) is 0 Å². The molecule has 0 fully saturated rings. The molecule has 20 aromatic rings. The SMILES string of the molecule is CCc1cc(-c2c(C)ccc3c2oc2nc(C(C)C)ccc23)[n+](C)cc1C(C)C.CCc1ccc2c(n1)oc1c(-c3cc(CC)c(C(C)C)c[n+]3C)c(C)ccc12.[2H]C([2H])(C)c1cc(-c2c(C)ccc3c2oc2nc(CC)ccc23)[n+](C)cc1C(C)C.[2H]C([2H])([2H])C(C([2H])([2H])[2H])(C([2H])([2H])[2H])C([2H])([2H])c1c[n+](C)c(-c2c(C)ccc3c2oc2nc(C(C)C)ccc23)cc1C.[2H]C([2H])([2H])C(C([2H])([2H])[2H])(C([2H])([2H])[2H])C([2H])([2H])c1c[n+](C)c(-c2c(C)ccc3c2oc2nc(CC)ccc23)cc1C. The number of rotatable bonds is 18. The highest BCUT2D eigenvalue weighted by atomic mass is 16.4. The zero-order valence-electron chi connectivity index (χ0n) is 113. The Balaban J connectivity index is 0.000000148. The second kappa shape index (κ2) is 41.7. The molecule has 15 heteroatoms. The second-order valence-electron chi connectivity index (χ2n) is 40.2. The summed E-state index contributed by atoms with van der Waals surface area (Å²) in [7, 11) is 9.49. The van der Waals surface area contributed by atoms with Gasteiger partial charge in [0, 0.05) is 173 Å². The van der Waals surface area contributed by atoms with Gasteiger partial charge in [0.25, 0.3) is 0 Å². The molecule has 0 radical (unpaired) electrons. The van der Waals surface area contributed by atoms with Gasteiger partial charge < -0.3 is 22.1 Å². The third kappa shape index (κ3) is 20.6. The normalized spacial score (nSPS) is 15.4. The van der Waals surface area contributed by atoms with Gasteiger partial charge in [-0.2, -0.15) is 0 Å². The minimum Gasteiger partial charge on any atom is -0.437 e. The number of furan rings is 5. The lowest BCUT2D eigenvalue weighted by Crippen LogP contribution is -2.32. The fraction of sp³-hybridized carbons (Fsp3) is 0.380. The summed E-state index contributed by atoms with van der Waals surface area (Å²) in [4.78, 5) is 23.5. The highest BCUT2D eigenvalue weighted by molar-refractivity contribution is 6.13. The number of benzene rings is 5. The first-order chi connectivity index (χ1) is 78.1. The van der Waals surface area contributed by atoms with E-state index in [1.54, 1.807) is 33.2 Å². The molecule has 0 bridgehead atoms. The summed E-state index contributed by atoms with van der Waals surface area (Å²) < 4.78 is 238. The minimum atomic E-state index is -3.70. The van der Waals surface area contributed by atoms with Crippen molar-refractivity contribution >= 4 is 110 Å². The summed E-state index contributed by atoms with van der Waals surface area (Å²) >= 11 is 0. The molecule has 744 valence electrons. The third-order valence-electron chi connectivity index (χ3n) is 27.9. The molecule has 0 spiro atoms. The molecule has 0 unspecified atom stereocenters. The fourth-order valence-corrected chi connectivity index (χ4v) is 19.9. The van der Waals surface area contributed by atoms with E-state index in [9.17, 15) is 0 Å². The molecule has 0 saturated carbocycles. The lowest BCUT2D eigenvalue weighted by atomic mass is 9.86. The third-order valence-corrected chi connectivity index (χ3v) is 27.9. The van der Waals surface area contributed by atoms with E-state index in [1.165, 1.54) is 91.3 Å². The van der Waals surface area contributed by atoms with Crippen LogP contribution in [0.3, 0.4) is 0 Å². The number of pyridine rings is 10. The second-order valence-corrected chi connectivity index (χ2v) is 40.2. The summed E-state index contributed by atoms with van der Waals surface area (Å²) in [5.74, 6) is 1.82. The topological polar surface area (TPSA) is 150 Å². The molecular formula is C129H153N10O5+5. The van der Waals surface area contributed by atoms with Crippen molar-refractivity contribution < 1.29 is 77.8 Å². The number of aromatic nitrogens is 10. The van der Waals surface area contributed by atoms with Crippen molar-refractivity contribution in [3.05, 3.63) is 295 Å². The van der Waals surface area contributed by atoms with E-state index in [0.29, 0.717) is 68.6 Å². The molecule has 5 aromatic carbocycles. The standard InChI is InChI=1S/C27H33N2O.2C26H31N2O.2C25H29N2O/c1-16(2)22-12-11-21-20-10-9-17(3)24(25(20)30-26(21)28-22)23-13-18(4)19(15-29(23)8)14-27(5,6)7;1-8-19-10-12-21-20-11-9-16(2)23(24(20)29-25(21)27-19)22-13-17(3)18(15-28(22)7)14-26(4,5)6;1-8-18-13-23(28(7)14-21(18)15(2)3)24-17(6)9-10-19-20-11-12-22(16(4)5)27-26(20)29-25(19)24;2*1-7-17-13-22(27(6)14-21(17)15(3)4)23-16(5)9-11-19-20-12-10-18(8-2)26-25(20)28-24(19)23/h9-13,15-16H,14H2,1-8H3;9-13,15H,8,14H2,1-7H3;9-16H,8H2,1-7H3;2*9-15H,7-8H2,1-6H3/q5*+1/i5D3,6D3,7D3,14D2;4D3,5D3,6D3,14D2;;7D2;. The number of aryl methyl sites for hydroxylation is 18. The molecule has 15 aromatic heterocycles. The van der Waals surface area contributed by atoms with Gasteiger partial charge in [0.1, 0.15) is 35.2 Å². The van der Waals surface area contributed by atoms with Crippen molar-refractivity contribution in [1.82, 2.24) is 24.9 Å². The molecule has 0 aliphatic carbocycles. The van der Waals surface area contributed by atoms with E-state index in [2.05, 4.69) is 250 Å². The molecule has 0 saturated heterocycles. The molecule has 0 atom stereocenters. The number of fused-ring (bicyclic) bond motifs is 15. The van der Waals surface area contributed by atoms with Gasteiger partial charge in [-0.15, -0.1) is 0 Å². The average molecular weight is 1950 g/mol. The Morgan fingerprint density at radius 1 is 0.264 bits per heavy atom. The van der Waals surface area contributed by atoms with E-state index >= 15 is 0 Å². The Kier molecular flexibility index (Phi) is 22.1. The van der Waals surface area contributed by atoms with Crippen LogP contribution in [-0.4, -0.2) is 24.9 Å². The average Bonchev–Trinajstić information content (AvgIpc) is 0.814. The van der Waals surface area contributed by atoms with Crippen molar-refractivity contribution in [2.75, 3.05) is 0 Å². The Labute approximate surface area is 887 Å². The van der Waals surface area contributed by atoms with Crippen LogP contribution in [0.4, 0.5) is 0 Å². The molecule has 0 aliphatic heterocycles. The van der Waals surface area contributed by atoms with Crippen LogP contribution in [0.1, 0.15) is 326 Å². The first-order valence-corrected chi connectivity index (χ1v) is 50.4. The largest absolute Gasteiger partial charge is 0.437 e. The lowest BCUT2D eigenvalue weighted by Gasteiger charge is -2.19. The maximum atomic E-state index is 8.90. The monoisotopic (exact) mass is 1950 g/mol. The Hall–Kier alpha value is -13.4. The van der Waals surface area contributed by atoms with Crippen LogP contribution in [0.5, 0.6) is 0 Å². The number of hydrogen-bond donors (Lipinski definition) is 0. The van der Waals surface area contributed by atoms with Crippen molar-refractivity contribution in [1.29, 1.82) is 0 Å². The Morgan fingerprint density at radius 2 is 0.500 bits per heavy atom. The van der Waals surface area contributed by atoms with E-state index < -0.39 is 71.1 Å². The lowest BCUT2D eigenvalue weighted by molar-refractivity contribution is -0.661. The summed E-state index contributed by atoms with van der Waals surface area (Å²) in [6.07, 6.45) is 5.68. The van der Waals surface area contributed by atoms with Gasteiger partial charge >= 0.3 is 0 Å². The predicted octanol–water partition coefficient (Wildman–Crippen LogP) is 31.7. The molecule has 144 heavy (non-hydrogen) atoms. The summed E-state index contributed by atoms with van der Waals surface area (Å²) in [6, 6.07) is 51.0. The van der Waals surface area contributed by atoms with Crippen LogP contribution in [-0.2, 0) is 86.5 Å². The van der Waals surface area contributed by atoms with E-state index in [-0.39, 0.29) is 34.1 Å². The number of nitrogens with zero attached hydrogens (tertiary/aromatic N) is 10. The van der Waals surface area contributed by atoms with Gasteiger partial charge in [0.05, 0.1) is 27.8 Å². The first kappa shape index (κ1) is 76.3. The van der Waals surface area contributed by atoms with Crippen LogP contribution >= 0.6 is 0 Å². The quantitative estimate of drug-likeness (QED) is 0.0760.